The van der Waals surface area contributed by atoms with Crippen LogP contribution in [-0.2, 0) is 11.3 Å². The van der Waals surface area contributed by atoms with Gasteiger partial charge in [-0.2, -0.15) is 0 Å². The van der Waals surface area contributed by atoms with E-state index in [2.05, 4.69) is 37.3 Å². The molecule has 1 amide bonds. The fourth-order valence-electron chi connectivity index (χ4n) is 3.23. The minimum Gasteiger partial charge on any atom is -0.328 e. The van der Waals surface area contributed by atoms with Gasteiger partial charge in [-0.15, -0.1) is 22.7 Å². The van der Waals surface area contributed by atoms with Gasteiger partial charge in [0.25, 0.3) is 0 Å². The van der Waals surface area contributed by atoms with Gasteiger partial charge in [-0.05, 0) is 37.3 Å². The summed E-state index contributed by atoms with van der Waals surface area (Å²) >= 11 is 3.50. The van der Waals surface area contributed by atoms with E-state index in [0.717, 1.165) is 43.1 Å². The number of nitrogens with zero attached hydrogens (tertiary/aromatic N) is 2. The first kappa shape index (κ1) is 17.4. The van der Waals surface area contributed by atoms with Crippen molar-refractivity contribution in [3.05, 3.63) is 57.2 Å². The van der Waals surface area contributed by atoms with E-state index in [4.69, 9.17) is 4.98 Å². The van der Waals surface area contributed by atoms with Crippen LogP contribution in [0.2, 0.25) is 0 Å². The third kappa shape index (κ3) is 4.03. The van der Waals surface area contributed by atoms with Gasteiger partial charge in [0.2, 0.25) is 5.91 Å². The number of aromatic nitrogens is 1. The van der Waals surface area contributed by atoms with Crippen molar-refractivity contribution in [3.63, 3.8) is 0 Å². The van der Waals surface area contributed by atoms with Crippen LogP contribution in [0, 0.1) is 6.92 Å². The number of benzene rings is 1. The molecule has 0 aliphatic carbocycles. The number of fused-ring (bicyclic) bond motifs is 1. The quantitative estimate of drug-likeness (QED) is 0.702. The molecule has 2 aromatic heterocycles. The number of thiophene rings is 1. The summed E-state index contributed by atoms with van der Waals surface area (Å²) in [6.07, 6.45) is 3.64. The van der Waals surface area contributed by atoms with E-state index in [1.807, 2.05) is 17.0 Å². The Bertz CT molecular complexity index is 902. The maximum atomic E-state index is 12.4. The molecule has 1 aliphatic rings. The lowest BCUT2D eigenvalue weighted by molar-refractivity contribution is -0.917. The molecular formula is C20H22N3OS2+. The number of thiazole rings is 1. The number of rotatable bonds is 4. The van der Waals surface area contributed by atoms with Crippen LogP contribution in [0.15, 0.2) is 42.5 Å². The van der Waals surface area contributed by atoms with Gasteiger partial charge in [0.1, 0.15) is 11.6 Å². The van der Waals surface area contributed by atoms with Gasteiger partial charge in [0.15, 0.2) is 0 Å². The lowest BCUT2D eigenvalue weighted by atomic mass is 10.3. The Labute approximate surface area is 161 Å². The summed E-state index contributed by atoms with van der Waals surface area (Å²) in [7, 11) is 0. The monoisotopic (exact) mass is 384 g/mol. The maximum Gasteiger partial charge on any atom is 0.247 e. The summed E-state index contributed by atoms with van der Waals surface area (Å²) in [6, 6.07) is 12.4. The summed E-state index contributed by atoms with van der Waals surface area (Å²) in [5.41, 5.74) is 1.09. The third-order valence-corrected chi connectivity index (χ3v) is 6.68. The number of aryl methyl sites for hydroxylation is 1. The van der Waals surface area contributed by atoms with Crippen molar-refractivity contribution in [1.82, 2.24) is 9.88 Å². The molecule has 1 N–H and O–H groups in total. The Morgan fingerprint density at radius 2 is 2.00 bits per heavy atom. The number of para-hydroxylation sites is 1. The number of carbonyl (C=O) groups excluding carboxylic acids is 1. The third-order valence-electron chi connectivity index (χ3n) is 4.67. The Hall–Kier alpha value is -2.02. The molecule has 0 radical (unpaired) electrons. The second kappa shape index (κ2) is 7.70. The van der Waals surface area contributed by atoms with E-state index in [1.165, 1.54) is 19.5 Å². The molecule has 1 aliphatic heterocycles. The highest BCUT2D eigenvalue weighted by Crippen LogP contribution is 2.20. The molecule has 1 aromatic carbocycles. The Morgan fingerprint density at radius 1 is 1.19 bits per heavy atom. The number of hydrogen-bond acceptors (Lipinski definition) is 4. The van der Waals surface area contributed by atoms with E-state index >= 15 is 0 Å². The van der Waals surface area contributed by atoms with Gasteiger partial charge in [-0.25, -0.2) is 4.98 Å². The molecule has 4 rings (SSSR count). The number of amides is 1. The molecule has 6 heteroatoms. The molecule has 1 fully saturated rings. The van der Waals surface area contributed by atoms with Crippen LogP contribution in [0.5, 0.6) is 0 Å². The van der Waals surface area contributed by atoms with Crippen LogP contribution in [0.3, 0.4) is 0 Å². The minimum atomic E-state index is 0.120. The number of carbonyl (C=O) groups is 1. The SMILES string of the molecule is Cc1ccc(/C=C/C(=O)N2CC[NH+](Cc3nc4ccccc4s3)CC2)s1. The lowest BCUT2D eigenvalue weighted by Gasteiger charge is -2.31. The highest BCUT2D eigenvalue weighted by Gasteiger charge is 2.23. The van der Waals surface area contributed by atoms with E-state index in [1.54, 1.807) is 28.7 Å². The van der Waals surface area contributed by atoms with Crippen molar-refractivity contribution < 1.29 is 9.69 Å². The molecule has 0 atom stereocenters. The molecule has 0 unspecified atom stereocenters. The first-order valence-corrected chi connectivity index (χ1v) is 10.5. The Kier molecular flexibility index (Phi) is 5.15. The second-order valence-corrected chi connectivity index (χ2v) is 9.04. The minimum absolute atomic E-state index is 0.120. The van der Waals surface area contributed by atoms with Crippen molar-refractivity contribution in [2.45, 2.75) is 13.5 Å². The van der Waals surface area contributed by atoms with Crippen molar-refractivity contribution >= 4 is 44.9 Å². The van der Waals surface area contributed by atoms with Crippen molar-refractivity contribution in [1.29, 1.82) is 0 Å². The van der Waals surface area contributed by atoms with Gasteiger partial charge >= 0.3 is 0 Å². The van der Waals surface area contributed by atoms with Crippen LogP contribution < -0.4 is 4.90 Å². The summed E-state index contributed by atoms with van der Waals surface area (Å²) < 4.78 is 1.25. The number of nitrogens with one attached hydrogen (secondary N) is 1. The predicted octanol–water partition coefficient (Wildman–Crippen LogP) is 2.61. The zero-order chi connectivity index (χ0) is 17.9. The van der Waals surface area contributed by atoms with Gasteiger partial charge in [-0.1, -0.05) is 12.1 Å². The smallest absolute Gasteiger partial charge is 0.247 e. The van der Waals surface area contributed by atoms with Crippen LogP contribution in [0.1, 0.15) is 14.8 Å². The number of hydrogen-bond donors (Lipinski definition) is 1. The fourth-order valence-corrected chi connectivity index (χ4v) is 5.05. The molecule has 4 nitrogen and oxygen atoms in total. The van der Waals surface area contributed by atoms with Gasteiger partial charge in [0, 0.05) is 15.8 Å². The first-order chi connectivity index (χ1) is 12.7. The zero-order valence-electron chi connectivity index (χ0n) is 14.8. The summed E-state index contributed by atoms with van der Waals surface area (Å²) in [5, 5.41) is 1.19. The predicted molar refractivity (Wildman–Crippen MR) is 109 cm³/mol. The molecule has 3 aromatic rings. The molecule has 0 bridgehead atoms. The normalized spacial score (nSPS) is 16.0. The van der Waals surface area contributed by atoms with E-state index in [0.29, 0.717) is 0 Å². The van der Waals surface area contributed by atoms with Crippen LogP contribution in [0.25, 0.3) is 16.3 Å². The molecule has 26 heavy (non-hydrogen) atoms. The molecule has 1 saturated heterocycles. The maximum absolute atomic E-state index is 12.4. The van der Waals surface area contributed by atoms with Crippen molar-refractivity contribution in [3.8, 4) is 0 Å². The summed E-state index contributed by atoms with van der Waals surface area (Å²) in [5.74, 6) is 0.120. The first-order valence-electron chi connectivity index (χ1n) is 8.89. The highest BCUT2D eigenvalue weighted by atomic mass is 32.1. The van der Waals surface area contributed by atoms with Gasteiger partial charge in [-0.3, -0.25) is 4.79 Å². The molecule has 134 valence electrons. The standard InChI is InChI=1S/C20H21N3OS2/c1-15-6-7-16(25-15)8-9-20(24)23-12-10-22(11-13-23)14-19-21-17-4-2-3-5-18(17)26-19/h2-9H,10-14H2,1H3/p+1/b9-8+. The fraction of sp³-hybridized carbons (Fsp3) is 0.300. The van der Waals surface area contributed by atoms with Crippen LogP contribution >= 0.6 is 22.7 Å². The van der Waals surface area contributed by atoms with Crippen LogP contribution in [-0.4, -0.2) is 42.0 Å². The largest absolute Gasteiger partial charge is 0.328 e. The highest BCUT2D eigenvalue weighted by molar-refractivity contribution is 7.18. The van der Waals surface area contributed by atoms with Crippen LogP contribution in [0.4, 0.5) is 0 Å². The summed E-state index contributed by atoms with van der Waals surface area (Å²) in [4.78, 5) is 23.0. The number of quaternary nitrogens is 1. The van der Waals surface area contributed by atoms with E-state index in [-0.39, 0.29) is 5.91 Å². The Morgan fingerprint density at radius 3 is 2.73 bits per heavy atom. The molecule has 0 spiro atoms. The van der Waals surface area contributed by atoms with Gasteiger partial charge < -0.3 is 9.80 Å². The molecule has 3 heterocycles. The topological polar surface area (TPSA) is 37.6 Å². The lowest BCUT2D eigenvalue weighted by Crippen LogP contribution is -3.13. The van der Waals surface area contributed by atoms with Crippen molar-refractivity contribution in [2.24, 2.45) is 0 Å². The van der Waals surface area contributed by atoms with E-state index in [9.17, 15) is 4.79 Å². The molecular weight excluding hydrogens is 362 g/mol. The second-order valence-electron chi connectivity index (χ2n) is 6.61. The average molecular weight is 385 g/mol. The number of piperazine rings is 1. The van der Waals surface area contributed by atoms with E-state index < -0.39 is 0 Å². The van der Waals surface area contributed by atoms with Crippen molar-refractivity contribution in [2.75, 3.05) is 26.2 Å². The average Bonchev–Trinajstić information content (AvgIpc) is 3.25. The summed E-state index contributed by atoms with van der Waals surface area (Å²) in [6.45, 7) is 6.62. The van der Waals surface area contributed by atoms with Gasteiger partial charge in [0.05, 0.1) is 36.4 Å². The Balaban J connectivity index is 1.30. The molecule has 0 saturated carbocycles. The zero-order valence-corrected chi connectivity index (χ0v) is 16.4.